The third kappa shape index (κ3) is 7.68. The quantitative estimate of drug-likeness (QED) is 0.111. The van der Waals surface area contributed by atoms with Crippen molar-refractivity contribution in [3.05, 3.63) is 80.7 Å². The second-order valence-electron chi connectivity index (χ2n) is 9.71. The summed E-state index contributed by atoms with van der Waals surface area (Å²) in [4.78, 5) is 40.4. The molecule has 0 radical (unpaired) electrons. The fourth-order valence-corrected chi connectivity index (χ4v) is 4.52. The molecule has 15 heteroatoms. The Hall–Kier alpha value is -3.82. The number of aromatic nitrogens is 5. The van der Waals surface area contributed by atoms with E-state index in [0.717, 1.165) is 5.69 Å². The van der Waals surface area contributed by atoms with E-state index in [4.69, 9.17) is 0 Å². The van der Waals surface area contributed by atoms with Crippen LogP contribution in [0.5, 0.6) is 0 Å². The van der Waals surface area contributed by atoms with Crippen LogP contribution in [0.4, 0.5) is 27.7 Å². The summed E-state index contributed by atoms with van der Waals surface area (Å²) in [6, 6.07) is 6.17. The summed E-state index contributed by atoms with van der Waals surface area (Å²) in [5.41, 5.74) is 2.66. The second-order valence-corrected chi connectivity index (χ2v) is 10.6. The molecule has 1 aromatic carbocycles. The first-order valence-corrected chi connectivity index (χ1v) is 13.1. The van der Waals surface area contributed by atoms with Gasteiger partial charge in [0.1, 0.15) is 30.3 Å². The maximum atomic E-state index is 13.6. The van der Waals surface area contributed by atoms with Crippen LogP contribution in [0.1, 0.15) is 18.3 Å². The standard InChI is InChI=1S/C26H27BrFN9O3.BrH/c1-5-20-22(35(2)26(33-20)36(39)40)14-37(3,4)10-6-7-24(38)34-23-12-17-21(13-29-23)30-15-31-25(17)32-16-8-9-19(28)18(27)11-16;/h6-9,11-13,15H,5,10,14H2,1-4H3,(H-,29,30,31,32,34,38);1H/b7-6+;. The number of nitrogens with one attached hydrogen (secondary N) is 2. The predicted octanol–water partition coefficient (Wildman–Crippen LogP) is 1.65. The Kier molecular flexibility index (Phi) is 10.2. The fraction of sp³-hybridized carbons (Fsp3) is 0.269. The highest BCUT2D eigenvalue weighted by atomic mass is 79.9. The number of anilines is 3. The number of nitro groups is 1. The molecule has 3 aromatic heterocycles. The number of rotatable bonds is 10. The van der Waals surface area contributed by atoms with Crippen LogP contribution in [-0.2, 0) is 24.8 Å². The van der Waals surface area contributed by atoms with Crippen LogP contribution in [0.3, 0.4) is 0 Å². The van der Waals surface area contributed by atoms with Gasteiger partial charge in [-0.25, -0.2) is 23.9 Å². The Balaban J connectivity index is 0.00000462. The summed E-state index contributed by atoms with van der Waals surface area (Å²) in [5.74, 6) is -0.152. The van der Waals surface area contributed by atoms with Crippen LogP contribution in [0.25, 0.3) is 10.9 Å². The van der Waals surface area contributed by atoms with Crippen molar-refractivity contribution in [1.29, 1.82) is 0 Å². The fourth-order valence-electron chi connectivity index (χ4n) is 4.14. The molecule has 41 heavy (non-hydrogen) atoms. The van der Waals surface area contributed by atoms with Gasteiger partial charge in [0.15, 0.2) is 11.4 Å². The van der Waals surface area contributed by atoms with Gasteiger partial charge in [0.2, 0.25) is 5.91 Å². The van der Waals surface area contributed by atoms with Gasteiger partial charge in [0.05, 0.1) is 43.9 Å². The third-order valence-electron chi connectivity index (χ3n) is 6.17. The summed E-state index contributed by atoms with van der Waals surface area (Å²) in [6.45, 7) is 2.91. The Morgan fingerprint density at radius 3 is 2.68 bits per heavy atom. The van der Waals surface area contributed by atoms with Crippen LogP contribution in [0, 0.1) is 15.9 Å². The molecule has 4 rings (SSSR count). The van der Waals surface area contributed by atoms with Crippen molar-refractivity contribution in [2.24, 2.45) is 7.05 Å². The molecule has 0 saturated heterocycles. The van der Waals surface area contributed by atoms with E-state index >= 15 is 0 Å². The maximum Gasteiger partial charge on any atom is 0.435 e. The lowest BCUT2D eigenvalue weighted by atomic mass is 10.2. The molecule has 0 unspecified atom stereocenters. The van der Waals surface area contributed by atoms with E-state index in [1.54, 1.807) is 31.3 Å². The number of quaternary nitrogens is 1. The van der Waals surface area contributed by atoms with Crippen molar-refractivity contribution in [2.45, 2.75) is 19.9 Å². The minimum Gasteiger partial charge on any atom is -1.00 e. The van der Waals surface area contributed by atoms with Gasteiger partial charge in [-0.05, 0) is 51.2 Å². The number of carbonyl (C=O) groups excluding carboxylic acids is 1. The summed E-state index contributed by atoms with van der Waals surface area (Å²) in [5, 5.41) is 17.8. The van der Waals surface area contributed by atoms with Crippen LogP contribution < -0.4 is 27.6 Å². The number of halogens is 3. The first-order valence-electron chi connectivity index (χ1n) is 12.3. The number of benzene rings is 1. The lowest BCUT2D eigenvalue weighted by Gasteiger charge is -2.27. The average molecular weight is 693 g/mol. The molecule has 0 aliphatic rings. The topological polar surface area (TPSA) is 141 Å². The summed E-state index contributed by atoms with van der Waals surface area (Å²) in [7, 11) is 5.59. The minimum atomic E-state index is -0.485. The van der Waals surface area contributed by atoms with Gasteiger partial charge >= 0.3 is 5.95 Å². The zero-order valence-corrected chi connectivity index (χ0v) is 25.9. The molecule has 216 valence electrons. The molecule has 0 spiro atoms. The molecule has 12 nitrogen and oxygen atoms in total. The number of amides is 1. The van der Waals surface area contributed by atoms with Crippen LogP contribution in [-0.4, -0.2) is 60.5 Å². The maximum absolute atomic E-state index is 13.6. The van der Waals surface area contributed by atoms with Crippen molar-refractivity contribution in [3.8, 4) is 0 Å². The Bertz CT molecular complexity index is 1630. The summed E-state index contributed by atoms with van der Waals surface area (Å²) >= 11 is 3.17. The molecule has 0 saturated carbocycles. The van der Waals surface area contributed by atoms with E-state index in [1.165, 1.54) is 29.2 Å². The van der Waals surface area contributed by atoms with Crippen molar-refractivity contribution in [1.82, 2.24) is 24.5 Å². The van der Waals surface area contributed by atoms with Gasteiger partial charge in [-0.15, -0.1) is 0 Å². The van der Waals surface area contributed by atoms with Crippen molar-refractivity contribution in [3.63, 3.8) is 0 Å². The molecule has 0 bridgehead atoms. The zero-order chi connectivity index (χ0) is 29.0. The van der Waals surface area contributed by atoms with E-state index in [1.807, 2.05) is 21.0 Å². The van der Waals surface area contributed by atoms with Crippen molar-refractivity contribution < 1.29 is 35.6 Å². The van der Waals surface area contributed by atoms with Gasteiger partial charge in [0, 0.05) is 23.6 Å². The number of likely N-dealkylation sites (N-methyl/N-ethyl adjacent to an activating group) is 1. The van der Waals surface area contributed by atoms with Crippen molar-refractivity contribution >= 4 is 56.0 Å². The smallest absolute Gasteiger partial charge is 0.435 e. The number of hydrogen-bond donors (Lipinski definition) is 2. The molecule has 2 N–H and O–H groups in total. The van der Waals surface area contributed by atoms with Crippen molar-refractivity contribution in [2.75, 3.05) is 31.3 Å². The molecule has 1 amide bonds. The van der Waals surface area contributed by atoms with Crippen LogP contribution in [0.2, 0.25) is 0 Å². The van der Waals surface area contributed by atoms with Gasteiger partial charge in [-0.1, -0.05) is 11.9 Å². The number of aryl methyl sites for hydroxylation is 1. The molecular formula is C26H28Br2FN9O3. The summed E-state index contributed by atoms with van der Waals surface area (Å²) in [6.07, 6.45) is 6.67. The van der Waals surface area contributed by atoms with E-state index in [-0.39, 0.29) is 34.7 Å². The summed E-state index contributed by atoms with van der Waals surface area (Å²) < 4.78 is 15.9. The van der Waals surface area contributed by atoms with Crippen LogP contribution >= 0.6 is 15.9 Å². The number of fused-ring (bicyclic) bond motifs is 1. The molecule has 4 aromatic rings. The minimum absolute atomic E-state index is 0. The number of imidazole rings is 1. The Morgan fingerprint density at radius 1 is 1.24 bits per heavy atom. The lowest BCUT2D eigenvalue weighted by molar-refractivity contribution is -0.898. The third-order valence-corrected chi connectivity index (χ3v) is 6.78. The van der Waals surface area contributed by atoms with Gasteiger partial charge in [-0.2, -0.15) is 0 Å². The predicted molar refractivity (Wildman–Crippen MR) is 152 cm³/mol. The highest BCUT2D eigenvalue weighted by Crippen LogP contribution is 2.27. The first kappa shape index (κ1) is 31.7. The monoisotopic (exact) mass is 691 g/mol. The van der Waals surface area contributed by atoms with Gasteiger partial charge < -0.3 is 42.2 Å². The molecule has 0 aliphatic heterocycles. The molecular weight excluding hydrogens is 665 g/mol. The molecule has 0 aliphatic carbocycles. The van der Waals surface area contributed by atoms with Crippen LogP contribution in [0.15, 0.2) is 53.4 Å². The lowest BCUT2D eigenvalue weighted by Crippen LogP contribution is -3.00. The number of pyridine rings is 1. The number of carbonyl (C=O) groups is 1. The highest BCUT2D eigenvalue weighted by Gasteiger charge is 2.29. The number of hydrogen-bond acceptors (Lipinski definition) is 8. The molecule has 0 atom stereocenters. The molecule has 0 fully saturated rings. The zero-order valence-electron chi connectivity index (χ0n) is 22.7. The SMILES string of the molecule is CCc1nc([N+](=O)[O-])n(C)c1C[N+](C)(C)C/C=C/C(=O)Nc1cc2c(Nc3ccc(F)c(Br)c3)ncnc2cn1.[Br-]. The second kappa shape index (κ2) is 13.2. The Labute approximate surface area is 254 Å². The van der Waals surface area contributed by atoms with E-state index in [0.29, 0.717) is 62.4 Å². The Morgan fingerprint density at radius 2 is 2.00 bits per heavy atom. The van der Waals surface area contributed by atoms with E-state index in [9.17, 15) is 19.3 Å². The average Bonchev–Trinajstić information content (AvgIpc) is 3.21. The normalized spacial score (nSPS) is 11.5. The van der Waals surface area contributed by atoms with E-state index < -0.39 is 4.92 Å². The first-order chi connectivity index (χ1) is 19.0. The van der Waals surface area contributed by atoms with Gasteiger partial charge in [-0.3, -0.25) is 4.79 Å². The number of nitrogens with zero attached hydrogens (tertiary/aromatic N) is 7. The largest absolute Gasteiger partial charge is 1.00 e. The molecule has 3 heterocycles. The van der Waals surface area contributed by atoms with Gasteiger partial charge in [0.25, 0.3) is 0 Å². The highest BCUT2D eigenvalue weighted by molar-refractivity contribution is 9.10. The van der Waals surface area contributed by atoms with E-state index in [2.05, 4.69) is 46.5 Å².